The molecular formula is C15H20BrN3O. The fourth-order valence-corrected chi connectivity index (χ4v) is 2.89. The number of aromatic nitrogens is 2. The highest BCUT2D eigenvalue weighted by molar-refractivity contribution is 9.10. The van der Waals surface area contributed by atoms with E-state index < -0.39 is 0 Å². The number of ether oxygens (including phenoxy) is 1. The van der Waals surface area contributed by atoms with E-state index in [0.29, 0.717) is 0 Å². The van der Waals surface area contributed by atoms with Crippen LogP contribution in [0.5, 0.6) is 5.75 Å². The highest BCUT2D eigenvalue weighted by Gasteiger charge is 2.16. The summed E-state index contributed by atoms with van der Waals surface area (Å²) in [6, 6.07) is 6.44. The first kappa shape index (κ1) is 15.1. The second kappa shape index (κ2) is 6.41. The first-order chi connectivity index (χ1) is 9.56. The molecule has 0 aliphatic heterocycles. The number of hydrogen-bond acceptors (Lipinski definition) is 3. The molecule has 0 fully saturated rings. The Labute approximate surface area is 128 Å². The maximum absolute atomic E-state index is 5.26. The molecule has 1 N–H and O–H groups in total. The Morgan fingerprint density at radius 1 is 1.45 bits per heavy atom. The molecule has 0 aliphatic carbocycles. The number of aryl methyl sites for hydroxylation is 1. The van der Waals surface area contributed by atoms with E-state index in [-0.39, 0.29) is 6.04 Å². The summed E-state index contributed by atoms with van der Waals surface area (Å²) in [6.07, 6.45) is 2.85. The van der Waals surface area contributed by atoms with E-state index in [0.717, 1.165) is 16.6 Å². The second-order valence-corrected chi connectivity index (χ2v) is 5.68. The smallest absolute Gasteiger partial charge is 0.133 e. The molecule has 0 bridgehead atoms. The van der Waals surface area contributed by atoms with Gasteiger partial charge in [-0.25, -0.2) is 0 Å². The summed E-state index contributed by atoms with van der Waals surface area (Å²) in [5, 5.41) is 7.69. The zero-order valence-electron chi connectivity index (χ0n) is 12.3. The molecule has 0 amide bonds. The third-order valence-corrected chi connectivity index (χ3v) is 4.27. The predicted octanol–water partition coefficient (Wildman–Crippen LogP) is 3.00. The van der Waals surface area contributed by atoms with Crippen LogP contribution >= 0.6 is 15.9 Å². The van der Waals surface area contributed by atoms with Gasteiger partial charge in [-0.05, 0) is 54.0 Å². The highest BCUT2D eigenvalue weighted by atomic mass is 79.9. The van der Waals surface area contributed by atoms with Crippen molar-refractivity contribution in [3.8, 4) is 5.75 Å². The van der Waals surface area contributed by atoms with Crippen molar-refractivity contribution in [3.05, 3.63) is 45.7 Å². The Morgan fingerprint density at radius 2 is 2.20 bits per heavy atom. The van der Waals surface area contributed by atoms with Crippen molar-refractivity contribution in [1.29, 1.82) is 0 Å². The molecule has 1 aromatic heterocycles. The summed E-state index contributed by atoms with van der Waals surface area (Å²) in [4.78, 5) is 0. The summed E-state index contributed by atoms with van der Waals surface area (Å²) in [7, 11) is 5.63. The van der Waals surface area contributed by atoms with E-state index in [1.807, 2.05) is 31.0 Å². The Bertz CT molecular complexity index is 595. The van der Waals surface area contributed by atoms with Crippen LogP contribution in [-0.2, 0) is 13.5 Å². The minimum atomic E-state index is 0.254. The molecule has 108 valence electrons. The standard InChI is InChI=1S/C15H20BrN3O/c1-10-12(9-18-19(10)3)14(17-2)8-11-5-6-15(20-4)13(16)7-11/h5-7,9,14,17H,8H2,1-4H3. The van der Waals surface area contributed by atoms with E-state index in [1.165, 1.54) is 16.8 Å². The molecule has 1 heterocycles. The van der Waals surface area contributed by atoms with Gasteiger partial charge in [0.05, 0.1) is 17.8 Å². The molecule has 1 atom stereocenters. The van der Waals surface area contributed by atoms with Crippen molar-refractivity contribution in [2.75, 3.05) is 14.2 Å². The number of methoxy groups -OCH3 is 1. The van der Waals surface area contributed by atoms with Gasteiger partial charge in [0.25, 0.3) is 0 Å². The van der Waals surface area contributed by atoms with Crippen molar-refractivity contribution in [2.24, 2.45) is 7.05 Å². The minimum Gasteiger partial charge on any atom is -0.496 e. The van der Waals surface area contributed by atoms with Crippen LogP contribution < -0.4 is 10.1 Å². The lowest BCUT2D eigenvalue weighted by Gasteiger charge is -2.17. The highest BCUT2D eigenvalue weighted by Crippen LogP contribution is 2.28. The first-order valence-electron chi connectivity index (χ1n) is 6.55. The van der Waals surface area contributed by atoms with Gasteiger partial charge in [-0.1, -0.05) is 6.07 Å². The average molecular weight is 338 g/mol. The molecule has 2 rings (SSSR count). The van der Waals surface area contributed by atoms with Gasteiger partial charge in [-0.2, -0.15) is 5.10 Å². The van der Waals surface area contributed by atoms with E-state index in [1.54, 1.807) is 7.11 Å². The molecule has 1 aromatic carbocycles. The zero-order valence-corrected chi connectivity index (χ0v) is 13.9. The second-order valence-electron chi connectivity index (χ2n) is 4.82. The van der Waals surface area contributed by atoms with Gasteiger partial charge >= 0.3 is 0 Å². The van der Waals surface area contributed by atoms with Crippen LogP contribution in [-0.4, -0.2) is 23.9 Å². The number of benzene rings is 1. The van der Waals surface area contributed by atoms with E-state index in [2.05, 4.69) is 45.4 Å². The molecule has 0 saturated heterocycles. The van der Waals surface area contributed by atoms with Gasteiger partial charge in [0.1, 0.15) is 5.75 Å². The molecule has 1 unspecified atom stereocenters. The molecule has 4 nitrogen and oxygen atoms in total. The fourth-order valence-electron chi connectivity index (χ4n) is 2.30. The maximum Gasteiger partial charge on any atom is 0.133 e. The van der Waals surface area contributed by atoms with Crippen LogP contribution in [0.25, 0.3) is 0 Å². The molecular weight excluding hydrogens is 318 g/mol. The number of nitrogens with zero attached hydrogens (tertiary/aromatic N) is 2. The van der Waals surface area contributed by atoms with E-state index >= 15 is 0 Å². The van der Waals surface area contributed by atoms with Crippen molar-refractivity contribution >= 4 is 15.9 Å². The van der Waals surface area contributed by atoms with Crippen LogP contribution in [0.3, 0.4) is 0 Å². The fraction of sp³-hybridized carbons (Fsp3) is 0.400. The van der Waals surface area contributed by atoms with E-state index in [9.17, 15) is 0 Å². The average Bonchev–Trinajstić information content (AvgIpc) is 2.77. The van der Waals surface area contributed by atoms with Crippen LogP contribution in [0, 0.1) is 6.92 Å². The number of hydrogen-bond donors (Lipinski definition) is 1. The number of halogens is 1. The van der Waals surface area contributed by atoms with Crippen LogP contribution in [0.15, 0.2) is 28.9 Å². The SMILES string of the molecule is CNC(Cc1ccc(OC)c(Br)c1)c1cnn(C)c1C. The summed E-state index contributed by atoms with van der Waals surface area (Å²) in [5.74, 6) is 0.854. The van der Waals surface area contributed by atoms with Gasteiger partial charge in [0, 0.05) is 24.3 Å². The summed E-state index contributed by atoms with van der Waals surface area (Å²) < 4.78 is 8.15. The number of nitrogens with one attached hydrogen (secondary N) is 1. The quantitative estimate of drug-likeness (QED) is 0.911. The summed E-state index contributed by atoms with van der Waals surface area (Å²) in [6.45, 7) is 2.09. The third kappa shape index (κ3) is 3.04. The zero-order chi connectivity index (χ0) is 14.7. The van der Waals surface area contributed by atoms with Crippen molar-refractivity contribution in [1.82, 2.24) is 15.1 Å². The summed E-state index contributed by atoms with van der Waals surface area (Å²) in [5.41, 5.74) is 3.68. The molecule has 0 radical (unpaired) electrons. The lowest BCUT2D eigenvalue weighted by atomic mass is 9.99. The lowest BCUT2D eigenvalue weighted by Crippen LogP contribution is -2.19. The molecule has 0 aliphatic rings. The topological polar surface area (TPSA) is 39.1 Å². The Morgan fingerprint density at radius 3 is 2.70 bits per heavy atom. The van der Waals surface area contributed by atoms with Crippen molar-refractivity contribution < 1.29 is 4.74 Å². The largest absolute Gasteiger partial charge is 0.496 e. The van der Waals surface area contributed by atoms with Gasteiger partial charge in [0.2, 0.25) is 0 Å². The van der Waals surface area contributed by atoms with Crippen molar-refractivity contribution in [3.63, 3.8) is 0 Å². The van der Waals surface area contributed by atoms with Crippen LogP contribution in [0.2, 0.25) is 0 Å². The van der Waals surface area contributed by atoms with Crippen LogP contribution in [0.4, 0.5) is 0 Å². The Kier molecular flexibility index (Phi) is 4.83. The minimum absolute atomic E-state index is 0.254. The number of rotatable bonds is 5. The Hall–Kier alpha value is -1.33. The molecule has 20 heavy (non-hydrogen) atoms. The normalized spacial score (nSPS) is 12.4. The van der Waals surface area contributed by atoms with Gasteiger partial charge < -0.3 is 10.1 Å². The summed E-state index contributed by atoms with van der Waals surface area (Å²) >= 11 is 3.53. The molecule has 0 saturated carbocycles. The molecule has 0 spiro atoms. The van der Waals surface area contributed by atoms with Crippen molar-refractivity contribution in [2.45, 2.75) is 19.4 Å². The molecule has 2 aromatic rings. The monoisotopic (exact) mass is 337 g/mol. The van der Waals surface area contributed by atoms with Gasteiger partial charge in [0.15, 0.2) is 0 Å². The van der Waals surface area contributed by atoms with Gasteiger partial charge in [-0.3, -0.25) is 4.68 Å². The predicted molar refractivity (Wildman–Crippen MR) is 84.1 cm³/mol. The third-order valence-electron chi connectivity index (χ3n) is 3.65. The van der Waals surface area contributed by atoms with Crippen LogP contribution in [0.1, 0.15) is 22.9 Å². The maximum atomic E-state index is 5.26. The molecule has 5 heteroatoms. The van der Waals surface area contributed by atoms with E-state index in [4.69, 9.17) is 4.74 Å². The number of likely N-dealkylation sites (N-methyl/N-ethyl adjacent to an activating group) is 1. The lowest BCUT2D eigenvalue weighted by molar-refractivity contribution is 0.412. The van der Waals surface area contributed by atoms with Gasteiger partial charge in [-0.15, -0.1) is 0 Å². The first-order valence-corrected chi connectivity index (χ1v) is 7.34. The Balaban J connectivity index is 2.22.